The van der Waals surface area contributed by atoms with E-state index in [1.807, 2.05) is 0 Å². The third-order valence-electron chi connectivity index (χ3n) is 3.19. The van der Waals surface area contributed by atoms with Gasteiger partial charge in [0.05, 0.1) is 4.91 Å². The van der Waals surface area contributed by atoms with Crippen molar-refractivity contribution in [2.45, 2.75) is 0 Å². The summed E-state index contributed by atoms with van der Waals surface area (Å²) in [5.41, 5.74) is 0.642. The van der Waals surface area contributed by atoms with Gasteiger partial charge in [-0.05, 0) is 24.3 Å². The lowest BCUT2D eigenvalue weighted by Crippen LogP contribution is -2.27. The zero-order chi connectivity index (χ0) is 16.4. The third kappa shape index (κ3) is 3.28. The first kappa shape index (κ1) is 15.7. The van der Waals surface area contributed by atoms with Gasteiger partial charge in [0, 0.05) is 18.2 Å². The number of carbonyl (C=O) groups is 1. The fourth-order valence-corrected chi connectivity index (χ4v) is 3.40. The number of carbonyl (C=O) groups excluding carboxylic acids is 1. The van der Waals surface area contributed by atoms with Crippen molar-refractivity contribution in [3.63, 3.8) is 0 Å². The molecule has 0 atom stereocenters. The van der Waals surface area contributed by atoms with Crippen LogP contribution in [0.1, 0.15) is 5.76 Å². The Balaban J connectivity index is 1.85. The molecule has 0 spiro atoms. The predicted molar refractivity (Wildman–Crippen MR) is 94.2 cm³/mol. The van der Waals surface area contributed by atoms with E-state index < -0.39 is 0 Å². The van der Waals surface area contributed by atoms with Gasteiger partial charge < -0.3 is 4.42 Å². The van der Waals surface area contributed by atoms with Gasteiger partial charge in [0.15, 0.2) is 0 Å². The van der Waals surface area contributed by atoms with Gasteiger partial charge in [-0.1, -0.05) is 42.2 Å². The molecule has 3 nitrogen and oxygen atoms in total. The number of hydrogen-bond acceptors (Lipinski definition) is 4. The summed E-state index contributed by atoms with van der Waals surface area (Å²) < 4.78 is 19.4. The normalized spacial score (nSPS) is 16.4. The molecule has 2 heterocycles. The molecule has 1 aliphatic heterocycles. The lowest BCUT2D eigenvalue weighted by molar-refractivity contribution is -0.121. The molecule has 0 bridgehead atoms. The number of nitrogens with zero attached hydrogens (tertiary/aromatic N) is 1. The van der Waals surface area contributed by atoms with E-state index in [1.165, 1.54) is 28.8 Å². The standard InChI is InChI=1S/C17H12FNO2S2/c1-2-8-19-16(20)15(23-17(19)22)10-13-6-7-14(21-13)11-4-3-5-12(18)9-11/h2-7,9-10H,1,8H2/b15-10-. The molecular formula is C17H12FNO2S2. The second kappa shape index (κ2) is 6.52. The topological polar surface area (TPSA) is 33.5 Å². The highest BCUT2D eigenvalue weighted by Crippen LogP contribution is 2.33. The Labute approximate surface area is 142 Å². The van der Waals surface area contributed by atoms with Crippen LogP contribution in [0.5, 0.6) is 0 Å². The monoisotopic (exact) mass is 345 g/mol. The van der Waals surface area contributed by atoms with Crippen LogP contribution in [0.2, 0.25) is 0 Å². The molecule has 2 aromatic rings. The smallest absolute Gasteiger partial charge is 0.266 e. The van der Waals surface area contributed by atoms with Crippen molar-refractivity contribution in [1.29, 1.82) is 0 Å². The maximum absolute atomic E-state index is 13.3. The van der Waals surface area contributed by atoms with Gasteiger partial charge in [-0.2, -0.15) is 0 Å². The number of halogens is 1. The van der Waals surface area contributed by atoms with Gasteiger partial charge in [-0.3, -0.25) is 9.69 Å². The van der Waals surface area contributed by atoms with E-state index in [1.54, 1.807) is 36.4 Å². The van der Waals surface area contributed by atoms with Crippen LogP contribution in [0.25, 0.3) is 17.4 Å². The molecule has 116 valence electrons. The van der Waals surface area contributed by atoms with E-state index in [-0.39, 0.29) is 11.7 Å². The van der Waals surface area contributed by atoms with Crippen molar-refractivity contribution in [2.75, 3.05) is 6.54 Å². The molecule has 6 heteroatoms. The minimum atomic E-state index is -0.328. The summed E-state index contributed by atoms with van der Waals surface area (Å²) in [7, 11) is 0. The van der Waals surface area contributed by atoms with Gasteiger partial charge >= 0.3 is 0 Å². The fourth-order valence-electron chi connectivity index (χ4n) is 2.14. The molecule has 1 fully saturated rings. The number of amides is 1. The highest BCUT2D eigenvalue weighted by Gasteiger charge is 2.31. The largest absolute Gasteiger partial charge is 0.457 e. The Morgan fingerprint density at radius 3 is 2.91 bits per heavy atom. The Morgan fingerprint density at radius 2 is 2.17 bits per heavy atom. The van der Waals surface area contributed by atoms with Crippen LogP contribution >= 0.6 is 24.0 Å². The number of benzene rings is 1. The summed E-state index contributed by atoms with van der Waals surface area (Å²) in [6.07, 6.45) is 3.27. The Kier molecular flexibility index (Phi) is 4.45. The molecule has 1 aromatic carbocycles. The molecule has 1 aliphatic rings. The number of thiocarbonyl (C=S) groups is 1. The summed E-state index contributed by atoms with van der Waals surface area (Å²) in [6, 6.07) is 9.62. The van der Waals surface area contributed by atoms with E-state index in [0.717, 1.165) is 0 Å². The van der Waals surface area contributed by atoms with Gasteiger partial charge in [0.1, 0.15) is 21.7 Å². The van der Waals surface area contributed by atoms with Crippen molar-refractivity contribution in [3.05, 3.63) is 65.5 Å². The van der Waals surface area contributed by atoms with E-state index >= 15 is 0 Å². The second-order valence-corrected chi connectivity index (χ2v) is 6.47. The Bertz CT molecular complexity index is 826. The summed E-state index contributed by atoms with van der Waals surface area (Å²) in [5.74, 6) is 0.565. The predicted octanol–water partition coefficient (Wildman–Crippen LogP) is 4.47. The molecule has 0 radical (unpaired) electrons. The first-order valence-electron chi connectivity index (χ1n) is 6.80. The van der Waals surface area contributed by atoms with Crippen LogP contribution in [-0.4, -0.2) is 21.7 Å². The lowest BCUT2D eigenvalue weighted by atomic mass is 10.2. The molecule has 23 heavy (non-hydrogen) atoms. The lowest BCUT2D eigenvalue weighted by Gasteiger charge is -2.10. The van der Waals surface area contributed by atoms with Crippen molar-refractivity contribution in [2.24, 2.45) is 0 Å². The highest BCUT2D eigenvalue weighted by atomic mass is 32.2. The van der Waals surface area contributed by atoms with Crippen molar-refractivity contribution < 1.29 is 13.6 Å². The van der Waals surface area contributed by atoms with Crippen LogP contribution in [0.15, 0.2) is 58.4 Å². The van der Waals surface area contributed by atoms with Crippen LogP contribution in [0.4, 0.5) is 4.39 Å². The van der Waals surface area contributed by atoms with Crippen LogP contribution in [0, 0.1) is 5.82 Å². The summed E-state index contributed by atoms with van der Waals surface area (Å²) in [4.78, 5) is 14.2. The third-order valence-corrected chi connectivity index (χ3v) is 4.57. The molecular weight excluding hydrogens is 333 g/mol. The van der Waals surface area contributed by atoms with E-state index in [2.05, 4.69) is 6.58 Å². The van der Waals surface area contributed by atoms with Gasteiger partial charge in [0.2, 0.25) is 0 Å². The molecule has 0 unspecified atom stereocenters. The Hall–Kier alpha value is -2.18. The minimum Gasteiger partial charge on any atom is -0.457 e. The van der Waals surface area contributed by atoms with E-state index in [9.17, 15) is 9.18 Å². The first-order valence-corrected chi connectivity index (χ1v) is 8.03. The maximum atomic E-state index is 13.3. The summed E-state index contributed by atoms with van der Waals surface area (Å²) in [5, 5.41) is 0. The molecule has 0 saturated carbocycles. The number of thioether (sulfide) groups is 1. The molecule has 1 aromatic heterocycles. The average molecular weight is 345 g/mol. The van der Waals surface area contributed by atoms with Gasteiger partial charge in [0.25, 0.3) is 5.91 Å². The number of rotatable bonds is 4. The van der Waals surface area contributed by atoms with Crippen molar-refractivity contribution in [1.82, 2.24) is 4.90 Å². The molecule has 1 amide bonds. The number of hydrogen-bond donors (Lipinski definition) is 0. The van der Waals surface area contributed by atoms with Crippen molar-refractivity contribution in [3.8, 4) is 11.3 Å². The van der Waals surface area contributed by atoms with Crippen LogP contribution < -0.4 is 0 Å². The fraction of sp³-hybridized carbons (Fsp3) is 0.0588. The van der Waals surface area contributed by atoms with E-state index in [4.69, 9.17) is 16.6 Å². The first-order chi connectivity index (χ1) is 11.1. The highest BCUT2D eigenvalue weighted by molar-refractivity contribution is 8.26. The molecule has 0 N–H and O–H groups in total. The zero-order valence-electron chi connectivity index (χ0n) is 12.0. The van der Waals surface area contributed by atoms with E-state index in [0.29, 0.717) is 32.9 Å². The molecule has 3 rings (SSSR count). The van der Waals surface area contributed by atoms with Crippen LogP contribution in [0.3, 0.4) is 0 Å². The summed E-state index contributed by atoms with van der Waals surface area (Å²) in [6.45, 7) is 4.00. The van der Waals surface area contributed by atoms with Crippen LogP contribution in [-0.2, 0) is 4.79 Å². The zero-order valence-corrected chi connectivity index (χ0v) is 13.6. The quantitative estimate of drug-likeness (QED) is 0.465. The second-order valence-electron chi connectivity index (χ2n) is 4.79. The number of furan rings is 1. The molecule has 1 saturated heterocycles. The van der Waals surface area contributed by atoms with Gasteiger partial charge in [-0.25, -0.2) is 4.39 Å². The molecule has 0 aliphatic carbocycles. The Morgan fingerprint density at radius 1 is 1.35 bits per heavy atom. The summed E-state index contributed by atoms with van der Waals surface area (Å²) >= 11 is 6.40. The van der Waals surface area contributed by atoms with Gasteiger partial charge in [-0.15, -0.1) is 6.58 Å². The minimum absolute atomic E-state index is 0.163. The van der Waals surface area contributed by atoms with Crippen molar-refractivity contribution >= 4 is 40.3 Å². The SMILES string of the molecule is C=CCN1C(=O)/C(=C/c2ccc(-c3cccc(F)c3)o2)SC1=S. The maximum Gasteiger partial charge on any atom is 0.266 e. The average Bonchev–Trinajstić information content (AvgIpc) is 3.09.